The van der Waals surface area contributed by atoms with Gasteiger partial charge >= 0.3 is 0 Å². The van der Waals surface area contributed by atoms with E-state index in [9.17, 15) is 8.78 Å². The van der Waals surface area contributed by atoms with Crippen molar-refractivity contribution < 1.29 is 13.5 Å². The van der Waals surface area contributed by atoms with Gasteiger partial charge in [-0.1, -0.05) is 0 Å². The van der Waals surface area contributed by atoms with Crippen LogP contribution in [0, 0.1) is 11.3 Å². The monoisotopic (exact) mass is 401 g/mol. The van der Waals surface area contributed by atoms with Crippen LogP contribution in [0.1, 0.15) is 6.42 Å². The minimum Gasteiger partial charge on any atom is -0.478 e. The topological polar surface area (TPSA) is 140 Å². The minimum atomic E-state index is -2.59. The molecular weight excluding hydrogens is 384 g/mol. The Morgan fingerprint density at radius 2 is 2.14 bits per heavy atom. The highest BCUT2D eigenvalue weighted by Gasteiger charge is 2.19. The Bertz CT molecular complexity index is 1030. The highest BCUT2D eigenvalue weighted by Crippen LogP contribution is 2.31. The number of nitrogens with two attached hydrogens (primary N) is 1. The number of alkyl halides is 2. The first-order chi connectivity index (χ1) is 14.0. The van der Waals surface area contributed by atoms with Crippen LogP contribution in [-0.4, -0.2) is 49.8 Å². The van der Waals surface area contributed by atoms with Crippen molar-refractivity contribution in [1.82, 2.24) is 29.7 Å². The van der Waals surface area contributed by atoms with Crippen molar-refractivity contribution in [2.45, 2.75) is 19.4 Å². The molecule has 3 aromatic rings. The largest absolute Gasteiger partial charge is 0.478 e. The number of ether oxygens (including phenoxy) is 1. The van der Waals surface area contributed by atoms with E-state index in [0.717, 1.165) is 4.68 Å². The summed E-state index contributed by atoms with van der Waals surface area (Å²) in [7, 11) is 1.39. The Labute approximate surface area is 164 Å². The number of nitrogen functional groups attached to an aromatic ring is 1. The van der Waals surface area contributed by atoms with Crippen LogP contribution in [0.4, 0.5) is 20.5 Å². The van der Waals surface area contributed by atoms with Gasteiger partial charge in [-0.15, -0.1) is 0 Å². The molecule has 0 aliphatic rings. The third-order valence-electron chi connectivity index (χ3n) is 3.74. The predicted octanol–water partition coefficient (Wildman–Crippen LogP) is 1.98. The quantitative estimate of drug-likeness (QED) is 0.542. The molecule has 29 heavy (non-hydrogen) atoms. The standard InChI is InChI=1S/C17H17F2N9O/c1-29-16-15(21)24-7-12(25-16)14-10(8-28(27-14)9-13(18)19)11-3-6-23-17(26-11)22-5-2-4-20/h3,6-8,13H,2,5,9H2,1H3,(H2,21,24)(H,22,23,26). The summed E-state index contributed by atoms with van der Waals surface area (Å²) in [5.74, 6) is 0.487. The van der Waals surface area contributed by atoms with E-state index in [-0.39, 0.29) is 29.5 Å². The Kier molecular flexibility index (Phi) is 6.08. The molecule has 0 aliphatic carbocycles. The molecule has 0 atom stereocenters. The van der Waals surface area contributed by atoms with E-state index in [4.69, 9.17) is 15.7 Å². The number of nitrogens with one attached hydrogen (secondary N) is 1. The van der Waals surface area contributed by atoms with E-state index in [1.54, 1.807) is 6.07 Å². The van der Waals surface area contributed by atoms with Gasteiger partial charge in [0.05, 0.1) is 31.5 Å². The molecular formula is C17H17F2N9O. The fourth-order valence-electron chi connectivity index (χ4n) is 2.50. The van der Waals surface area contributed by atoms with Gasteiger partial charge in [0.25, 0.3) is 12.3 Å². The van der Waals surface area contributed by atoms with Crippen molar-refractivity contribution in [2.24, 2.45) is 0 Å². The van der Waals surface area contributed by atoms with Crippen molar-refractivity contribution in [2.75, 3.05) is 24.7 Å². The molecule has 3 N–H and O–H groups in total. The van der Waals surface area contributed by atoms with Crippen molar-refractivity contribution in [1.29, 1.82) is 5.26 Å². The average Bonchev–Trinajstić information content (AvgIpc) is 3.12. The van der Waals surface area contributed by atoms with E-state index < -0.39 is 13.0 Å². The summed E-state index contributed by atoms with van der Waals surface area (Å²) in [6.07, 6.45) is 2.04. The summed E-state index contributed by atoms with van der Waals surface area (Å²) in [5.41, 5.74) is 7.17. The Hall–Kier alpha value is -3.88. The summed E-state index contributed by atoms with van der Waals surface area (Å²) < 4.78 is 32.0. The lowest BCUT2D eigenvalue weighted by atomic mass is 10.1. The van der Waals surface area contributed by atoms with E-state index in [1.165, 1.54) is 25.7 Å². The number of hydrogen-bond acceptors (Lipinski definition) is 9. The molecule has 0 radical (unpaired) electrons. The highest BCUT2D eigenvalue weighted by molar-refractivity contribution is 5.77. The molecule has 0 aromatic carbocycles. The summed E-state index contributed by atoms with van der Waals surface area (Å²) in [4.78, 5) is 16.7. The summed E-state index contributed by atoms with van der Waals surface area (Å²) in [6, 6.07) is 3.63. The fraction of sp³-hybridized carbons (Fsp3) is 0.294. The number of halogens is 2. The lowest BCUT2D eigenvalue weighted by Gasteiger charge is -2.07. The summed E-state index contributed by atoms with van der Waals surface area (Å²) in [5, 5.41) is 15.8. The Morgan fingerprint density at radius 3 is 2.86 bits per heavy atom. The van der Waals surface area contributed by atoms with Crippen molar-refractivity contribution >= 4 is 11.8 Å². The van der Waals surface area contributed by atoms with Crippen LogP contribution in [0.2, 0.25) is 0 Å². The first kappa shape index (κ1) is 19.9. The SMILES string of the molecule is COc1nc(-c2nn(CC(F)F)cc2-c2ccnc(NCCC#N)n2)cnc1N. The zero-order chi connectivity index (χ0) is 20.8. The van der Waals surface area contributed by atoms with E-state index in [2.05, 4.69) is 30.4 Å². The average molecular weight is 401 g/mol. The van der Waals surface area contributed by atoms with Gasteiger partial charge in [-0.2, -0.15) is 10.4 Å². The van der Waals surface area contributed by atoms with Crippen LogP contribution in [0.3, 0.4) is 0 Å². The molecule has 3 heterocycles. The number of anilines is 2. The first-order valence-electron chi connectivity index (χ1n) is 8.48. The molecule has 0 unspecified atom stereocenters. The Morgan fingerprint density at radius 1 is 1.31 bits per heavy atom. The molecule has 0 saturated carbocycles. The maximum Gasteiger partial charge on any atom is 0.257 e. The molecule has 0 fully saturated rings. The van der Waals surface area contributed by atoms with Crippen LogP contribution < -0.4 is 15.8 Å². The van der Waals surface area contributed by atoms with E-state index >= 15 is 0 Å². The maximum atomic E-state index is 12.9. The predicted molar refractivity (Wildman–Crippen MR) is 100.0 cm³/mol. The second-order valence-corrected chi connectivity index (χ2v) is 5.75. The van der Waals surface area contributed by atoms with Gasteiger partial charge in [0.15, 0.2) is 5.82 Å². The smallest absolute Gasteiger partial charge is 0.257 e. The highest BCUT2D eigenvalue weighted by atomic mass is 19.3. The number of hydrogen-bond donors (Lipinski definition) is 2. The van der Waals surface area contributed by atoms with Crippen LogP contribution in [0.25, 0.3) is 22.6 Å². The number of nitrogens with zero attached hydrogens (tertiary/aromatic N) is 7. The molecule has 0 bridgehead atoms. The van der Waals surface area contributed by atoms with Gasteiger partial charge in [0.2, 0.25) is 5.95 Å². The normalized spacial score (nSPS) is 10.7. The molecule has 0 spiro atoms. The van der Waals surface area contributed by atoms with Crippen LogP contribution in [-0.2, 0) is 6.54 Å². The lowest BCUT2D eigenvalue weighted by Crippen LogP contribution is -2.07. The van der Waals surface area contributed by atoms with E-state index in [1.807, 2.05) is 6.07 Å². The number of aromatic nitrogens is 6. The summed E-state index contributed by atoms with van der Waals surface area (Å²) >= 11 is 0. The van der Waals surface area contributed by atoms with Gasteiger partial charge in [0.1, 0.15) is 17.9 Å². The molecule has 0 amide bonds. The zero-order valence-corrected chi connectivity index (χ0v) is 15.4. The van der Waals surface area contributed by atoms with Crippen molar-refractivity contribution in [3.8, 4) is 34.6 Å². The second kappa shape index (κ2) is 8.87. The molecule has 0 aliphatic heterocycles. The molecule has 150 valence electrons. The first-order valence-corrected chi connectivity index (χ1v) is 8.48. The molecule has 0 saturated heterocycles. The summed E-state index contributed by atoms with van der Waals surface area (Å²) in [6.45, 7) is -0.219. The number of nitriles is 1. The van der Waals surface area contributed by atoms with Gasteiger partial charge in [0, 0.05) is 24.5 Å². The number of methoxy groups -OCH3 is 1. The Balaban J connectivity index is 2.05. The second-order valence-electron chi connectivity index (χ2n) is 5.75. The zero-order valence-electron chi connectivity index (χ0n) is 15.4. The number of rotatable bonds is 8. The van der Waals surface area contributed by atoms with Crippen molar-refractivity contribution in [3.05, 3.63) is 24.7 Å². The van der Waals surface area contributed by atoms with Gasteiger partial charge < -0.3 is 15.8 Å². The molecule has 3 rings (SSSR count). The van der Waals surface area contributed by atoms with Gasteiger partial charge in [-0.25, -0.2) is 28.7 Å². The van der Waals surface area contributed by atoms with Gasteiger partial charge in [-0.05, 0) is 6.07 Å². The molecule has 10 nitrogen and oxygen atoms in total. The van der Waals surface area contributed by atoms with Gasteiger partial charge in [-0.3, -0.25) is 4.68 Å². The molecule has 3 aromatic heterocycles. The third kappa shape index (κ3) is 4.70. The fourth-order valence-corrected chi connectivity index (χ4v) is 2.50. The van der Waals surface area contributed by atoms with Crippen LogP contribution >= 0.6 is 0 Å². The van der Waals surface area contributed by atoms with Crippen molar-refractivity contribution in [3.63, 3.8) is 0 Å². The maximum absolute atomic E-state index is 12.9. The minimum absolute atomic E-state index is 0.0934. The van der Waals surface area contributed by atoms with Crippen LogP contribution in [0.15, 0.2) is 24.7 Å². The van der Waals surface area contributed by atoms with E-state index in [0.29, 0.717) is 23.8 Å². The molecule has 12 heteroatoms. The lowest BCUT2D eigenvalue weighted by molar-refractivity contribution is 0.122. The third-order valence-corrected chi connectivity index (χ3v) is 3.74. The van der Waals surface area contributed by atoms with Crippen LogP contribution in [0.5, 0.6) is 5.88 Å².